The molecule has 0 unspecified atom stereocenters. The Labute approximate surface area is 172 Å². The van der Waals surface area contributed by atoms with Crippen molar-refractivity contribution >= 4 is 22.4 Å². The van der Waals surface area contributed by atoms with Crippen molar-refractivity contribution < 1.29 is 24.3 Å². The summed E-state index contributed by atoms with van der Waals surface area (Å²) in [7, 11) is 1.64. The smallest absolute Gasteiger partial charge is 0.410 e. The maximum atomic E-state index is 12.0. The van der Waals surface area contributed by atoms with Gasteiger partial charge in [-0.2, -0.15) is 9.61 Å². The Morgan fingerprint density at radius 3 is 2.66 bits per heavy atom. The number of methoxy groups -OCH3 is 1. The molecule has 2 aromatic heterocycles. The molecule has 0 spiro atoms. The SMILES string of the molecule is CCOC(=O)N1CC[NH+]([C@@H](c2ccc(OC)cc2)c2sc3ncnn3c2O)CC1. The van der Waals surface area contributed by atoms with Gasteiger partial charge in [0.05, 0.1) is 39.9 Å². The van der Waals surface area contributed by atoms with Crippen LogP contribution in [0.1, 0.15) is 23.4 Å². The molecule has 3 heterocycles. The molecule has 0 radical (unpaired) electrons. The van der Waals surface area contributed by atoms with E-state index in [1.807, 2.05) is 31.2 Å². The van der Waals surface area contributed by atoms with Gasteiger partial charge in [0.25, 0.3) is 0 Å². The third-order valence-corrected chi connectivity index (χ3v) is 6.29. The summed E-state index contributed by atoms with van der Waals surface area (Å²) >= 11 is 1.43. The van der Waals surface area contributed by atoms with Gasteiger partial charge in [-0.25, -0.2) is 9.78 Å². The Morgan fingerprint density at radius 2 is 2.03 bits per heavy atom. The van der Waals surface area contributed by atoms with E-state index in [4.69, 9.17) is 9.47 Å². The minimum absolute atomic E-state index is 0.0984. The summed E-state index contributed by atoms with van der Waals surface area (Å²) < 4.78 is 11.9. The van der Waals surface area contributed by atoms with Crippen LogP contribution in [0.2, 0.25) is 0 Å². The molecule has 1 aliphatic heterocycles. The van der Waals surface area contributed by atoms with Gasteiger partial charge in [0.1, 0.15) is 17.0 Å². The van der Waals surface area contributed by atoms with E-state index in [1.54, 1.807) is 12.0 Å². The first-order chi connectivity index (χ1) is 14.1. The number of thiazole rings is 1. The average Bonchev–Trinajstić information content (AvgIpc) is 3.33. The van der Waals surface area contributed by atoms with Gasteiger partial charge >= 0.3 is 6.09 Å². The molecule has 1 aliphatic rings. The summed E-state index contributed by atoms with van der Waals surface area (Å²) in [5.41, 5.74) is 1.06. The number of quaternary nitrogens is 1. The summed E-state index contributed by atoms with van der Waals surface area (Å²) in [4.78, 5) is 20.7. The van der Waals surface area contributed by atoms with Gasteiger partial charge in [-0.05, 0) is 31.2 Å². The summed E-state index contributed by atoms with van der Waals surface area (Å²) in [5.74, 6) is 0.894. The van der Waals surface area contributed by atoms with Crippen molar-refractivity contribution in [3.8, 4) is 11.6 Å². The van der Waals surface area contributed by atoms with Crippen molar-refractivity contribution in [2.45, 2.75) is 13.0 Å². The number of nitrogens with zero attached hydrogens (tertiary/aromatic N) is 4. The van der Waals surface area contributed by atoms with Gasteiger partial charge in [0.15, 0.2) is 6.04 Å². The topological polar surface area (TPSA) is 93.6 Å². The Hall–Kier alpha value is -2.85. The molecule has 10 heteroatoms. The number of hydrogen-bond acceptors (Lipinski definition) is 7. The largest absolute Gasteiger partial charge is 0.497 e. The van der Waals surface area contributed by atoms with E-state index in [-0.39, 0.29) is 18.0 Å². The molecule has 1 fully saturated rings. The summed E-state index contributed by atoms with van der Waals surface area (Å²) in [6.45, 7) is 4.86. The van der Waals surface area contributed by atoms with E-state index in [2.05, 4.69) is 10.1 Å². The van der Waals surface area contributed by atoms with Crippen LogP contribution in [-0.2, 0) is 4.74 Å². The molecule has 154 valence electrons. The number of nitrogens with one attached hydrogen (secondary N) is 1. The lowest BCUT2D eigenvalue weighted by molar-refractivity contribution is -0.929. The number of aromatic nitrogens is 3. The van der Waals surface area contributed by atoms with Crippen molar-refractivity contribution in [3.63, 3.8) is 0 Å². The molecule has 4 rings (SSSR count). The van der Waals surface area contributed by atoms with Crippen LogP contribution in [0.4, 0.5) is 4.79 Å². The molecule has 1 saturated heterocycles. The summed E-state index contributed by atoms with van der Waals surface area (Å²) in [6.07, 6.45) is 1.16. The number of fused-ring (bicyclic) bond motifs is 1. The van der Waals surface area contributed by atoms with Crippen LogP contribution in [0.25, 0.3) is 4.96 Å². The van der Waals surface area contributed by atoms with Crippen LogP contribution in [-0.4, -0.2) is 70.6 Å². The van der Waals surface area contributed by atoms with E-state index in [1.165, 1.54) is 27.1 Å². The predicted octanol–water partition coefficient (Wildman–Crippen LogP) is 0.951. The van der Waals surface area contributed by atoms with Crippen molar-refractivity contribution in [2.75, 3.05) is 39.9 Å². The van der Waals surface area contributed by atoms with E-state index in [9.17, 15) is 9.90 Å². The van der Waals surface area contributed by atoms with Crippen LogP contribution in [0.3, 0.4) is 0 Å². The molecule has 1 aromatic carbocycles. The first-order valence-corrected chi connectivity index (χ1v) is 10.4. The van der Waals surface area contributed by atoms with Crippen molar-refractivity contribution in [1.82, 2.24) is 19.5 Å². The number of carbonyl (C=O) groups excluding carboxylic acids is 1. The average molecular weight is 418 g/mol. The highest BCUT2D eigenvalue weighted by atomic mass is 32.1. The van der Waals surface area contributed by atoms with Crippen molar-refractivity contribution in [2.24, 2.45) is 0 Å². The molecule has 3 aromatic rings. The van der Waals surface area contributed by atoms with E-state index in [0.717, 1.165) is 29.3 Å². The number of aromatic hydroxyl groups is 1. The fourth-order valence-electron chi connectivity index (χ4n) is 3.73. The standard InChI is InChI=1S/C19H23N5O4S/c1-3-28-19(26)23-10-8-22(9-11-23)15(13-4-6-14(27-2)7-5-13)16-17(25)24-18(29-16)20-12-21-24/h4-7,12,15,25H,3,8-11H2,1-2H3/p+1/t15-/m0/s1. The number of piperazine rings is 1. The van der Waals surface area contributed by atoms with Gasteiger partial charge in [0.2, 0.25) is 10.8 Å². The maximum absolute atomic E-state index is 12.0. The molecular weight excluding hydrogens is 394 g/mol. The fraction of sp³-hybridized carbons (Fsp3) is 0.421. The molecule has 1 atom stereocenters. The van der Waals surface area contributed by atoms with Gasteiger partial charge in [-0.3, -0.25) is 4.90 Å². The molecule has 2 N–H and O–H groups in total. The first kappa shape index (κ1) is 19.5. The predicted molar refractivity (Wildman–Crippen MR) is 107 cm³/mol. The minimum Gasteiger partial charge on any atom is -0.497 e. The molecule has 0 bridgehead atoms. The quantitative estimate of drug-likeness (QED) is 0.641. The lowest BCUT2D eigenvalue weighted by Crippen LogP contribution is -3.15. The highest BCUT2D eigenvalue weighted by molar-refractivity contribution is 7.17. The lowest BCUT2D eigenvalue weighted by atomic mass is 10.0. The third kappa shape index (κ3) is 3.73. The van der Waals surface area contributed by atoms with E-state index >= 15 is 0 Å². The van der Waals surface area contributed by atoms with Crippen LogP contribution in [0.5, 0.6) is 11.6 Å². The van der Waals surface area contributed by atoms with E-state index < -0.39 is 0 Å². The monoisotopic (exact) mass is 418 g/mol. The number of hydrogen-bond donors (Lipinski definition) is 2. The highest BCUT2D eigenvalue weighted by Gasteiger charge is 2.36. The normalized spacial score (nSPS) is 16.1. The second-order valence-electron chi connectivity index (χ2n) is 6.79. The second kappa shape index (κ2) is 8.26. The zero-order valence-electron chi connectivity index (χ0n) is 16.4. The summed E-state index contributed by atoms with van der Waals surface area (Å²) in [5, 5.41) is 14.9. The number of carbonyl (C=O) groups is 1. The van der Waals surface area contributed by atoms with Gasteiger partial charge in [0, 0.05) is 5.56 Å². The molecule has 0 saturated carbocycles. The minimum atomic E-state index is -0.269. The van der Waals surface area contributed by atoms with Gasteiger partial charge in [-0.15, -0.1) is 0 Å². The van der Waals surface area contributed by atoms with Crippen LogP contribution in [0, 0.1) is 0 Å². The summed E-state index contributed by atoms with van der Waals surface area (Å²) in [6, 6.07) is 7.78. The molecular formula is C19H24N5O4S+. The van der Waals surface area contributed by atoms with Gasteiger partial charge < -0.3 is 19.5 Å². The second-order valence-corrected chi connectivity index (χ2v) is 7.80. The number of amides is 1. The van der Waals surface area contributed by atoms with Crippen molar-refractivity contribution in [1.29, 1.82) is 0 Å². The third-order valence-electron chi connectivity index (χ3n) is 5.19. The number of rotatable bonds is 5. The van der Waals surface area contributed by atoms with Crippen LogP contribution >= 0.6 is 11.3 Å². The highest BCUT2D eigenvalue weighted by Crippen LogP contribution is 2.35. The fourth-order valence-corrected chi connectivity index (χ4v) is 4.85. The Bertz CT molecular complexity index is 978. The zero-order chi connectivity index (χ0) is 20.4. The maximum Gasteiger partial charge on any atom is 0.410 e. The molecule has 1 amide bonds. The van der Waals surface area contributed by atoms with Gasteiger partial charge in [-0.1, -0.05) is 11.3 Å². The molecule has 9 nitrogen and oxygen atoms in total. The van der Waals surface area contributed by atoms with Crippen molar-refractivity contribution in [3.05, 3.63) is 41.0 Å². The molecule has 29 heavy (non-hydrogen) atoms. The lowest BCUT2D eigenvalue weighted by Gasteiger charge is -2.35. The van der Waals surface area contributed by atoms with E-state index in [0.29, 0.717) is 24.7 Å². The Kier molecular flexibility index (Phi) is 5.54. The van der Waals surface area contributed by atoms with Crippen LogP contribution in [0.15, 0.2) is 30.6 Å². The Morgan fingerprint density at radius 1 is 1.31 bits per heavy atom. The first-order valence-electron chi connectivity index (χ1n) is 9.54. The van der Waals surface area contributed by atoms with Crippen LogP contribution < -0.4 is 9.64 Å². The zero-order valence-corrected chi connectivity index (χ0v) is 17.2. The number of benzene rings is 1. The molecule has 0 aliphatic carbocycles. The Balaban J connectivity index is 1.64. The number of ether oxygens (including phenoxy) is 2.